The van der Waals surface area contributed by atoms with Crippen molar-refractivity contribution in [1.29, 1.82) is 0 Å². The first-order chi connectivity index (χ1) is 10.3. The second-order valence-corrected chi connectivity index (χ2v) is 7.23. The van der Waals surface area contributed by atoms with Gasteiger partial charge >= 0.3 is 6.18 Å². The monoisotopic (exact) mass is 336 g/mol. The highest BCUT2D eigenvalue weighted by atomic mass is 31.1. The second kappa shape index (κ2) is 9.24. The van der Waals surface area contributed by atoms with Crippen molar-refractivity contribution in [3.05, 3.63) is 29.3 Å². The Kier molecular flexibility index (Phi) is 8.02. The number of ether oxygens (including phenoxy) is 1. The molecule has 0 heterocycles. The van der Waals surface area contributed by atoms with Crippen molar-refractivity contribution in [2.45, 2.75) is 51.4 Å². The van der Waals surface area contributed by atoms with Crippen LogP contribution < -0.4 is 4.74 Å². The first-order valence-electron chi connectivity index (χ1n) is 7.67. The number of halogens is 3. The summed E-state index contributed by atoms with van der Waals surface area (Å²) < 4.78 is 55.8. The Hall–Kier alpha value is -0.960. The third-order valence-corrected chi connectivity index (χ3v) is 4.21. The van der Waals surface area contributed by atoms with Gasteiger partial charge in [-0.3, -0.25) is 0 Å². The Labute approximate surface area is 130 Å². The molecule has 0 saturated carbocycles. The number of unbranched alkanes of at least 4 members (excludes halogenated alkanes) is 4. The Morgan fingerprint density at radius 1 is 1.14 bits per heavy atom. The van der Waals surface area contributed by atoms with Gasteiger partial charge in [0.1, 0.15) is 5.75 Å². The Bertz CT molecular complexity index is 487. The summed E-state index contributed by atoms with van der Waals surface area (Å²) in [7, 11) is -1.85. The molecule has 0 radical (unpaired) electrons. The van der Waals surface area contributed by atoms with Crippen molar-refractivity contribution in [2.75, 3.05) is 13.3 Å². The molecule has 126 valence electrons. The Balaban J connectivity index is 2.70. The van der Waals surface area contributed by atoms with Crippen LogP contribution in [0.4, 0.5) is 13.2 Å². The van der Waals surface area contributed by atoms with E-state index in [2.05, 4.69) is 6.92 Å². The molecular weight excluding hydrogens is 312 g/mol. The first-order valence-corrected chi connectivity index (χ1v) is 9.78. The summed E-state index contributed by atoms with van der Waals surface area (Å²) in [5.41, 5.74) is -0.337. The quantitative estimate of drug-likeness (QED) is 0.424. The fourth-order valence-corrected chi connectivity index (χ4v) is 3.00. The summed E-state index contributed by atoms with van der Waals surface area (Å²) in [5, 5.41) is 0. The van der Waals surface area contributed by atoms with Gasteiger partial charge in [0.2, 0.25) is 0 Å². The summed E-state index contributed by atoms with van der Waals surface area (Å²) in [6, 6.07) is 3.96. The van der Waals surface area contributed by atoms with Gasteiger partial charge in [0, 0.05) is 6.16 Å². The molecule has 0 aromatic heterocycles. The van der Waals surface area contributed by atoms with E-state index in [4.69, 9.17) is 4.74 Å². The van der Waals surface area contributed by atoms with Crippen molar-refractivity contribution in [3.8, 4) is 5.75 Å². The van der Waals surface area contributed by atoms with E-state index in [9.17, 15) is 17.7 Å². The summed E-state index contributed by atoms with van der Waals surface area (Å²) in [6.45, 7) is 3.94. The van der Waals surface area contributed by atoms with E-state index in [1.165, 1.54) is 6.07 Å². The van der Waals surface area contributed by atoms with Crippen LogP contribution in [0, 0.1) is 0 Å². The molecule has 0 bridgehead atoms. The van der Waals surface area contributed by atoms with Crippen LogP contribution in [0.2, 0.25) is 0 Å². The van der Waals surface area contributed by atoms with Gasteiger partial charge in [-0.25, -0.2) is 0 Å². The summed E-state index contributed by atoms with van der Waals surface area (Å²) in [6.07, 6.45) is 0.782. The van der Waals surface area contributed by atoms with Crippen LogP contribution in [0.5, 0.6) is 5.75 Å². The molecule has 1 aromatic rings. The molecule has 0 aliphatic rings. The number of benzene rings is 1. The number of alkyl halides is 3. The Morgan fingerprint density at radius 3 is 2.41 bits per heavy atom. The highest BCUT2D eigenvalue weighted by Gasteiger charge is 2.34. The van der Waals surface area contributed by atoms with Gasteiger partial charge in [-0.15, -0.1) is 0 Å². The van der Waals surface area contributed by atoms with Crippen LogP contribution in [-0.4, -0.2) is 13.3 Å². The van der Waals surface area contributed by atoms with E-state index in [1.807, 2.05) is 0 Å². The fraction of sp³-hybridized carbons (Fsp3) is 0.625. The number of hydrogen-bond donors (Lipinski definition) is 0. The van der Waals surface area contributed by atoms with E-state index < -0.39 is 19.5 Å². The predicted molar refractivity (Wildman–Crippen MR) is 84.3 cm³/mol. The molecule has 1 aromatic carbocycles. The highest BCUT2D eigenvalue weighted by molar-refractivity contribution is 7.42. The normalized spacial score (nSPS) is 13.1. The number of rotatable bonds is 9. The summed E-state index contributed by atoms with van der Waals surface area (Å²) in [5.74, 6) is -0.137. The maximum atomic E-state index is 13.1. The zero-order chi connectivity index (χ0) is 16.6. The molecule has 0 aliphatic heterocycles. The molecule has 1 rings (SSSR count). The largest absolute Gasteiger partial charge is 0.493 e. The molecule has 0 spiro atoms. The third-order valence-electron chi connectivity index (χ3n) is 3.31. The SMILES string of the molecule is CCCCCCCOc1ccc(C[PH](C)=O)cc1C(F)(F)F. The predicted octanol–water partition coefficient (Wildman–Crippen LogP) is 5.74. The Morgan fingerprint density at radius 2 is 1.82 bits per heavy atom. The molecule has 1 unspecified atom stereocenters. The van der Waals surface area contributed by atoms with Crippen LogP contribution in [0.3, 0.4) is 0 Å². The van der Waals surface area contributed by atoms with Gasteiger partial charge in [-0.1, -0.05) is 38.7 Å². The van der Waals surface area contributed by atoms with Crippen LogP contribution in [0.25, 0.3) is 0 Å². The molecule has 0 saturated heterocycles. The molecule has 0 fully saturated rings. The maximum Gasteiger partial charge on any atom is 0.419 e. The smallest absolute Gasteiger partial charge is 0.419 e. The standard InChI is InChI=1S/C16H24F3O2P/c1-3-4-5-6-7-10-21-15-9-8-13(12-22(2)20)11-14(15)16(17,18)19/h8-9,11,22H,3-7,10,12H2,1-2H3. The topological polar surface area (TPSA) is 26.3 Å². The maximum absolute atomic E-state index is 13.1. The van der Waals surface area contributed by atoms with Crippen LogP contribution in [0.1, 0.15) is 50.2 Å². The molecule has 22 heavy (non-hydrogen) atoms. The molecule has 0 aliphatic carbocycles. The average Bonchev–Trinajstić information content (AvgIpc) is 2.42. The first kappa shape index (κ1) is 19.1. The van der Waals surface area contributed by atoms with E-state index in [1.54, 1.807) is 12.7 Å². The van der Waals surface area contributed by atoms with E-state index in [0.717, 1.165) is 38.2 Å². The summed E-state index contributed by atoms with van der Waals surface area (Å²) >= 11 is 0. The van der Waals surface area contributed by atoms with Gasteiger partial charge in [0.05, 0.1) is 20.0 Å². The minimum Gasteiger partial charge on any atom is -0.493 e. The zero-order valence-corrected chi connectivity index (χ0v) is 14.1. The molecular formula is C16H24F3O2P. The van der Waals surface area contributed by atoms with Gasteiger partial charge in [0.25, 0.3) is 0 Å². The van der Waals surface area contributed by atoms with E-state index >= 15 is 0 Å². The van der Waals surface area contributed by atoms with Crippen molar-refractivity contribution >= 4 is 7.80 Å². The van der Waals surface area contributed by atoms with Gasteiger partial charge < -0.3 is 9.30 Å². The lowest BCUT2D eigenvalue weighted by molar-refractivity contribution is -0.139. The fourth-order valence-electron chi connectivity index (χ4n) is 2.21. The van der Waals surface area contributed by atoms with Gasteiger partial charge in [0.15, 0.2) is 0 Å². The van der Waals surface area contributed by atoms with Crippen LogP contribution in [0.15, 0.2) is 18.2 Å². The molecule has 0 N–H and O–H groups in total. The molecule has 0 amide bonds. The van der Waals surface area contributed by atoms with Gasteiger partial charge in [-0.2, -0.15) is 13.2 Å². The van der Waals surface area contributed by atoms with Crippen molar-refractivity contribution in [3.63, 3.8) is 0 Å². The summed E-state index contributed by atoms with van der Waals surface area (Å²) in [4.78, 5) is 0. The highest BCUT2D eigenvalue weighted by Crippen LogP contribution is 2.38. The minimum absolute atomic E-state index is 0.137. The van der Waals surface area contributed by atoms with Crippen LogP contribution >= 0.6 is 7.80 Å². The lowest BCUT2D eigenvalue weighted by Gasteiger charge is -2.15. The van der Waals surface area contributed by atoms with Gasteiger partial charge in [-0.05, 0) is 30.8 Å². The van der Waals surface area contributed by atoms with Crippen LogP contribution in [-0.2, 0) is 16.9 Å². The van der Waals surface area contributed by atoms with E-state index in [-0.39, 0.29) is 18.5 Å². The second-order valence-electron chi connectivity index (χ2n) is 5.47. The lowest BCUT2D eigenvalue weighted by Crippen LogP contribution is -2.10. The van der Waals surface area contributed by atoms with Crippen molar-refractivity contribution in [1.82, 2.24) is 0 Å². The minimum atomic E-state index is -4.46. The van der Waals surface area contributed by atoms with Crippen molar-refractivity contribution < 1.29 is 22.5 Å². The zero-order valence-electron chi connectivity index (χ0n) is 13.1. The van der Waals surface area contributed by atoms with E-state index in [0.29, 0.717) is 5.56 Å². The average molecular weight is 336 g/mol. The molecule has 2 nitrogen and oxygen atoms in total. The van der Waals surface area contributed by atoms with Crippen molar-refractivity contribution in [2.24, 2.45) is 0 Å². The molecule has 1 atom stereocenters. The third kappa shape index (κ3) is 6.87. The number of hydrogen-bond acceptors (Lipinski definition) is 2. The lowest BCUT2D eigenvalue weighted by atomic mass is 10.1. The molecule has 6 heteroatoms.